The van der Waals surface area contributed by atoms with Crippen LogP contribution in [-0.2, 0) is 11.3 Å². The number of rotatable bonds is 7. The Labute approximate surface area is 134 Å². The van der Waals surface area contributed by atoms with Gasteiger partial charge < -0.3 is 9.72 Å². The van der Waals surface area contributed by atoms with Gasteiger partial charge in [-0.2, -0.15) is 0 Å². The van der Waals surface area contributed by atoms with Gasteiger partial charge in [0.25, 0.3) is 5.56 Å². The van der Waals surface area contributed by atoms with Gasteiger partial charge in [0.15, 0.2) is 0 Å². The zero-order valence-corrected chi connectivity index (χ0v) is 13.7. The van der Waals surface area contributed by atoms with Crippen LogP contribution in [0.5, 0.6) is 0 Å². The van der Waals surface area contributed by atoms with Crippen molar-refractivity contribution in [2.45, 2.75) is 19.5 Å². The minimum Gasteiger partial charge on any atom is -0.383 e. The molecule has 23 heavy (non-hydrogen) atoms. The summed E-state index contributed by atoms with van der Waals surface area (Å²) in [5.74, 6) is 0. The highest BCUT2D eigenvalue weighted by Crippen LogP contribution is 2.16. The molecule has 0 bridgehead atoms. The lowest BCUT2D eigenvalue weighted by molar-refractivity contribution is 0.101. The molecule has 0 aliphatic rings. The van der Waals surface area contributed by atoms with Crippen molar-refractivity contribution in [2.24, 2.45) is 0 Å². The first-order valence-electron chi connectivity index (χ1n) is 7.44. The van der Waals surface area contributed by atoms with E-state index in [0.29, 0.717) is 25.4 Å². The van der Waals surface area contributed by atoms with Crippen molar-refractivity contribution in [3.63, 3.8) is 0 Å². The fourth-order valence-electron chi connectivity index (χ4n) is 2.43. The van der Waals surface area contributed by atoms with Crippen LogP contribution in [0, 0.1) is 6.92 Å². The molecular weight excluding hydrogens is 296 g/mol. The number of likely N-dealkylation sites (N-methyl/N-ethyl adjacent to an activating group) is 1. The van der Waals surface area contributed by atoms with Gasteiger partial charge in [-0.3, -0.25) is 19.2 Å². The summed E-state index contributed by atoms with van der Waals surface area (Å²) in [7, 11) is 3.56. The third kappa shape index (κ3) is 4.37. The van der Waals surface area contributed by atoms with Crippen LogP contribution in [0.15, 0.2) is 40.1 Å². The molecule has 0 amide bonds. The summed E-state index contributed by atoms with van der Waals surface area (Å²) in [6.07, 6.45) is 1.74. The maximum Gasteiger partial charge on any atom is 0.328 e. The lowest BCUT2D eigenvalue weighted by Gasteiger charge is -2.27. The standard InChI is InChI=1S/C16H22N4O3/c1-12-10-15(21)20(16(22)18-12)9-8-19(2)14(11-23-3)13-6-4-5-7-17-13/h4-7,10,14H,8-9,11H2,1-3H3,(H,18,22)/t14-/m1/s1. The molecule has 0 aliphatic heterocycles. The molecule has 0 spiro atoms. The highest BCUT2D eigenvalue weighted by molar-refractivity contribution is 5.09. The lowest BCUT2D eigenvalue weighted by atomic mass is 10.1. The Bertz CT molecular complexity index is 708. The number of aryl methyl sites for hydroxylation is 1. The zero-order chi connectivity index (χ0) is 16.8. The first-order valence-corrected chi connectivity index (χ1v) is 7.44. The molecule has 1 N–H and O–H groups in total. The topological polar surface area (TPSA) is 80.2 Å². The summed E-state index contributed by atoms with van der Waals surface area (Å²) in [5, 5.41) is 0. The number of hydrogen-bond acceptors (Lipinski definition) is 5. The maximum absolute atomic E-state index is 11.9. The molecule has 7 nitrogen and oxygen atoms in total. The first-order chi connectivity index (χ1) is 11.0. The molecule has 2 rings (SSSR count). The number of hydrogen-bond donors (Lipinski definition) is 1. The van der Waals surface area contributed by atoms with E-state index in [-0.39, 0.29) is 17.3 Å². The Morgan fingerprint density at radius 2 is 2.17 bits per heavy atom. The largest absolute Gasteiger partial charge is 0.383 e. The number of nitrogens with zero attached hydrogens (tertiary/aromatic N) is 3. The van der Waals surface area contributed by atoms with Gasteiger partial charge >= 0.3 is 5.69 Å². The molecule has 0 saturated carbocycles. The molecule has 0 saturated heterocycles. The van der Waals surface area contributed by atoms with Crippen LogP contribution in [0.4, 0.5) is 0 Å². The first kappa shape index (κ1) is 17.1. The molecule has 0 fully saturated rings. The summed E-state index contributed by atoms with van der Waals surface area (Å²) in [5.41, 5.74) is 0.780. The Morgan fingerprint density at radius 3 is 2.78 bits per heavy atom. The van der Waals surface area contributed by atoms with Crippen LogP contribution in [0.2, 0.25) is 0 Å². The Balaban J connectivity index is 2.12. The number of aromatic amines is 1. The van der Waals surface area contributed by atoms with Crippen LogP contribution in [-0.4, -0.2) is 46.7 Å². The van der Waals surface area contributed by atoms with Crippen LogP contribution < -0.4 is 11.2 Å². The van der Waals surface area contributed by atoms with Crippen LogP contribution in [0.25, 0.3) is 0 Å². The van der Waals surface area contributed by atoms with E-state index >= 15 is 0 Å². The predicted molar refractivity (Wildman–Crippen MR) is 87.5 cm³/mol. The second-order valence-corrected chi connectivity index (χ2v) is 5.45. The molecule has 0 unspecified atom stereocenters. The zero-order valence-electron chi connectivity index (χ0n) is 13.7. The van der Waals surface area contributed by atoms with Crippen molar-refractivity contribution in [3.05, 3.63) is 62.7 Å². The van der Waals surface area contributed by atoms with Gasteiger partial charge in [-0.15, -0.1) is 0 Å². The molecule has 124 valence electrons. The number of ether oxygens (including phenoxy) is 1. The summed E-state index contributed by atoms with van der Waals surface area (Å²) in [6, 6.07) is 7.10. The fourth-order valence-corrected chi connectivity index (χ4v) is 2.43. The SMILES string of the molecule is COC[C@H](c1ccccn1)N(C)CCn1c(=O)cc(C)[nH]c1=O. The minimum atomic E-state index is -0.385. The average Bonchev–Trinajstić information content (AvgIpc) is 2.52. The average molecular weight is 318 g/mol. The van der Waals surface area contributed by atoms with Gasteiger partial charge in [0, 0.05) is 38.2 Å². The Morgan fingerprint density at radius 1 is 1.39 bits per heavy atom. The second-order valence-electron chi connectivity index (χ2n) is 5.45. The number of aromatic nitrogens is 3. The van der Waals surface area contributed by atoms with Gasteiger partial charge in [-0.1, -0.05) is 6.07 Å². The normalized spacial score (nSPS) is 12.5. The van der Waals surface area contributed by atoms with Crippen molar-refractivity contribution in [1.29, 1.82) is 0 Å². The van der Waals surface area contributed by atoms with E-state index in [1.54, 1.807) is 20.2 Å². The Kier molecular flexibility index (Phi) is 5.84. The van der Waals surface area contributed by atoms with Gasteiger partial charge in [0.2, 0.25) is 0 Å². The van der Waals surface area contributed by atoms with E-state index in [4.69, 9.17) is 4.74 Å². The molecular formula is C16H22N4O3. The summed E-state index contributed by atoms with van der Waals surface area (Å²) < 4.78 is 6.48. The van der Waals surface area contributed by atoms with E-state index in [2.05, 4.69) is 9.97 Å². The predicted octanol–water partition coefficient (Wildman–Crippen LogP) is 0.560. The third-order valence-electron chi connectivity index (χ3n) is 3.72. The van der Waals surface area contributed by atoms with Crippen molar-refractivity contribution in [3.8, 4) is 0 Å². The second kappa shape index (κ2) is 7.85. The van der Waals surface area contributed by atoms with E-state index < -0.39 is 0 Å². The van der Waals surface area contributed by atoms with Crippen LogP contribution >= 0.6 is 0 Å². The van der Waals surface area contributed by atoms with Crippen molar-refractivity contribution in [1.82, 2.24) is 19.4 Å². The quantitative estimate of drug-likeness (QED) is 0.807. The van der Waals surface area contributed by atoms with Gasteiger partial charge in [0.05, 0.1) is 18.3 Å². The van der Waals surface area contributed by atoms with E-state index in [1.807, 2.05) is 30.1 Å². The highest BCUT2D eigenvalue weighted by Gasteiger charge is 2.18. The Hall–Kier alpha value is -2.25. The molecule has 2 aromatic heterocycles. The monoisotopic (exact) mass is 318 g/mol. The van der Waals surface area contributed by atoms with E-state index in [0.717, 1.165) is 5.69 Å². The smallest absolute Gasteiger partial charge is 0.328 e. The lowest BCUT2D eigenvalue weighted by Crippen LogP contribution is -2.39. The minimum absolute atomic E-state index is 0.0403. The molecule has 0 radical (unpaired) electrons. The fraction of sp³-hybridized carbons (Fsp3) is 0.438. The van der Waals surface area contributed by atoms with Crippen LogP contribution in [0.1, 0.15) is 17.4 Å². The van der Waals surface area contributed by atoms with Gasteiger partial charge in [-0.25, -0.2) is 4.79 Å². The summed E-state index contributed by atoms with van der Waals surface area (Å²) in [6.45, 7) is 3.00. The number of pyridine rings is 1. The van der Waals surface area contributed by atoms with Crippen molar-refractivity contribution < 1.29 is 4.74 Å². The van der Waals surface area contributed by atoms with E-state index in [9.17, 15) is 9.59 Å². The van der Waals surface area contributed by atoms with Crippen molar-refractivity contribution in [2.75, 3.05) is 27.3 Å². The maximum atomic E-state index is 11.9. The molecule has 2 aromatic rings. The summed E-state index contributed by atoms with van der Waals surface area (Å²) >= 11 is 0. The van der Waals surface area contributed by atoms with Crippen molar-refractivity contribution >= 4 is 0 Å². The third-order valence-corrected chi connectivity index (χ3v) is 3.72. The number of H-pyrrole nitrogens is 1. The number of nitrogens with one attached hydrogen (secondary N) is 1. The molecule has 7 heteroatoms. The molecule has 0 aromatic carbocycles. The van der Waals surface area contributed by atoms with Crippen LogP contribution in [0.3, 0.4) is 0 Å². The molecule has 1 atom stereocenters. The van der Waals surface area contributed by atoms with Gasteiger partial charge in [-0.05, 0) is 26.1 Å². The number of methoxy groups -OCH3 is 1. The van der Waals surface area contributed by atoms with Gasteiger partial charge in [0.1, 0.15) is 0 Å². The molecule has 2 heterocycles. The van der Waals surface area contributed by atoms with E-state index in [1.165, 1.54) is 10.6 Å². The highest BCUT2D eigenvalue weighted by atomic mass is 16.5. The summed E-state index contributed by atoms with van der Waals surface area (Å²) in [4.78, 5) is 32.8. The molecule has 0 aliphatic carbocycles.